The molecule has 1 aliphatic carbocycles. The van der Waals surface area contributed by atoms with Crippen LogP contribution in [0.5, 0.6) is 0 Å². The third-order valence-electron chi connectivity index (χ3n) is 3.68. The van der Waals surface area contributed by atoms with Crippen LogP contribution in [0.2, 0.25) is 0 Å². The number of nitrogens with zero attached hydrogens (tertiary/aromatic N) is 1. The molecule has 6 nitrogen and oxygen atoms in total. The van der Waals surface area contributed by atoms with E-state index in [4.69, 9.17) is 14.2 Å². The molecular weight excluding hydrogens is 322 g/mol. The number of rotatable bonds is 6. The van der Waals surface area contributed by atoms with Crippen LogP contribution in [0.15, 0.2) is 48.3 Å². The summed E-state index contributed by atoms with van der Waals surface area (Å²) in [6.07, 6.45) is 12.9. The molecule has 6 heteroatoms. The number of allylic oxidation sites excluding steroid dienone is 3. The second kappa shape index (κ2) is 8.55. The van der Waals surface area contributed by atoms with Gasteiger partial charge in [-0.2, -0.15) is 0 Å². The van der Waals surface area contributed by atoms with Crippen molar-refractivity contribution in [3.8, 4) is 0 Å². The summed E-state index contributed by atoms with van der Waals surface area (Å²) in [6, 6.07) is -0.484. The second-order valence-electron chi connectivity index (χ2n) is 6.86. The lowest BCUT2D eigenvalue weighted by molar-refractivity contribution is -0.109. The van der Waals surface area contributed by atoms with Gasteiger partial charge in [0, 0.05) is 0 Å². The molecule has 0 radical (unpaired) electrons. The van der Waals surface area contributed by atoms with E-state index in [-0.39, 0.29) is 6.54 Å². The smallest absolute Gasteiger partial charge is 0.411 e. The van der Waals surface area contributed by atoms with E-state index in [1.54, 1.807) is 20.8 Å². The topological polar surface area (TPSA) is 65.1 Å². The van der Waals surface area contributed by atoms with Gasteiger partial charge in [-0.25, -0.2) is 4.79 Å². The van der Waals surface area contributed by atoms with Gasteiger partial charge in [0.1, 0.15) is 36.7 Å². The summed E-state index contributed by atoms with van der Waals surface area (Å²) in [6.45, 7) is 5.27. The summed E-state index contributed by atoms with van der Waals surface area (Å²) in [7, 11) is 0. The standard InChI is InChI=1S/C19H25NO5/c1-19(2,3)25-18(22)20(9-10-21)16(17-14-23-11-12-24-17)13-15-7-5-4-6-8-15/h4-5,7,10-12,14,16H,6,8-9,13H2,1-3H3. The first-order valence-corrected chi connectivity index (χ1v) is 8.36. The maximum Gasteiger partial charge on any atom is 0.411 e. The van der Waals surface area contributed by atoms with E-state index in [0.717, 1.165) is 12.8 Å². The van der Waals surface area contributed by atoms with Crippen molar-refractivity contribution < 1.29 is 23.8 Å². The average Bonchev–Trinajstić information content (AvgIpc) is 2.58. The molecule has 0 saturated carbocycles. The molecule has 2 rings (SSSR count). The lowest BCUT2D eigenvalue weighted by atomic mass is 9.96. The summed E-state index contributed by atoms with van der Waals surface area (Å²) in [5.41, 5.74) is 0.513. The van der Waals surface area contributed by atoms with Gasteiger partial charge in [0.2, 0.25) is 0 Å². The highest BCUT2D eigenvalue weighted by Gasteiger charge is 2.33. The molecule has 136 valence electrons. The van der Waals surface area contributed by atoms with Gasteiger partial charge < -0.3 is 19.0 Å². The zero-order valence-electron chi connectivity index (χ0n) is 14.9. The van der Waals surface area contributed by atoms with E-state index in [1.165, 1.54) is 29.3 Å². The molecule has 0 N–H and O–H groups in total. The van der Waals surface area contributed by atoms with E-state index in [2.05, 4.69) is 6.08 Å². The molecule has 0 fully saturated rings. The van der Waals surface area contributed by atoms with Crippen LogP contribution in [0, 0.1) is 0 Å². The van der Waals surface area contributed by atoms with Gasteiger partial charge in [0.05, 0.1) is 6.54 Å². The Kier molecular flexibility index (Phi) is 6.44. The average molecular weight is 347 g/mol. The number of amides is 1. The van der Waals surface area contributed by atoms with Crippen molar-refractivity contribution in [1.82, 2.24) is 4.90 Å². The van der Waals surface area contributed by atoms with Gasteiger partial charge in [0.15, 0.2) is 5.76 Å². The first kappa shape index (κ1) is 18.8. The van der Waals surface area contributed by atoms with E-state index in [0.29, 0.717) is 18.5 Å². The zero-order chi connectivity index (χ0) is 18.3. The van der Waals surface area contributed by atoms with Crippen LogP contribution in [0.3, 0.4) is 0 Å². The number of hydrogen-bond donors (Lipinski definition) is 0. The minimum Gasteiger partial charge on any atom is -0.466 e. The lowest BCUT2D eigenvalue weighted by Gasteiger charge is -2.34. The van der Waals surface area contributed by atoms with Crippen molar-refractivity contribution in [3.05, 3.63) is 48.3 Å². The Morgan fingerprint density at radius 1 is 1.40 bits per heavy atom. The van der Waals surface area contributed by atoms with E-state index in [1.807, 2.05) is 12.2 Å². The molecule has 1 atom stereocenters. The Labute approximate surface area is 148 Å². The monoisotopic (exact) mass is 347 g/mol. The first-order valence-electron chi connectivity index (χ1n) is 8.36. The minimum atomic E-state index is -0.659. The molecule has 0 aromatic rings. The number of aldehydes is 1. The summed E-state index contributed by atoms with van der Waals surface area (Å²) < 4.78 is 16.2. The van der Waals surface area contributed by atoms with Gasteiger partial charge in [-0.3, -0.25) is 4.90 Å². The summed E-state index contributed by atoms with van der Waals surface area (Å²) >= 11 is 0. The number of hydrogen-bond acceptors (Lipinski definition) is 5. The van der Waals surface area contributed by atoms with Crippen molar-refractivity contribution >= 4 is 12.4 Å². The highest BCUT2D eigenvalue weighted by atomic mass is 16.6. The quantitative estimate of drug-likeness (QED) is 0.684. The predicted molar refractivity (Wildman–Crippen MR) is 93.3 cm³/mol. The SMILES string of the molecule is CC(C)(C)OC(=O)N(CC=O)C(CC1=CC=CCC1)C1=COC=CO1. The molecule has 0 spiro atoms. The Balaban J connectivity index is 2.26. The summed E-state index contributed by atoms with van der Waals surface area (Å²) in [5.74, 6) is 0.464. The molecule has 0 saturated heterocycles. The molecule has 1 aliphatic heterocycles. The normalized spacial score (nSPS) is 17.6. The van der Waals surface area contributed by atoms with E-state index in [9.17, 15) is 9.59 Å². The van der Waals surface area contributed by atoms with Crippen LogP contribution in [0.25, 0.3) is 0 Å². The molecule has 0 bridgehead atoms. The van der Waals surface area contributed by atoms with Crippen LogP contribution in [-0.4, -0.2) is 35.5 Å². The Morgan fingerprint density at radius 3 is 2.76 bits per heavy atom. The molecule has 2 aliphatic rings. The fraction of sp³-hybridized carbons (Fsp3) is 0.474. The molecule has 0 aromatic heterocycles. The van der Waals surface area contributed by atoms with Crippen LogP contribution in [0.4, 0.5) is 4.79 Å². The van der Waals surface area contributed by atoms with E-state index < -0.39 is 17.7 Å². The van der Waals surface area contributed by atoms with Crippen molar-refractivity contribution in [2.45, 2.75) is 51.7 Å². The van der Waals surface area contributed by atoms with Crippen LogP contribution in [0.1, 0.15) is 40.0 Å². The zero-order valence-corrected chi connectivity index (χ0v) is 14.9. The summed E-state index contributed by atoms with van der Waals surface area (Å²) in [4.78, 5) is 25.2. The van der Waals surface area contributed by atoms with Gasteiger partial charge in [0.25, 0.3) is 0 Å². The number of carbonyl (C=O) groups is 2. The van der Waals surface area contributed by atoms with Crippen LogP contribution >= 0.6 is 0 Å². The van der Waals surface area contributed by atoms with E-state index >= 15 is 0 Å². The molecule has 1 amide bonds. The Hall–Kier alpha value is -2.50. The fourth-order valence-electron chi connectivity index (χ4n) is 2.59. The number of ether oxygens (including phenoxy) is 3. The Bertz CT molecular complexity index is 610. The van der Waals surface area contributed by atoms with Crippen LogP contribution in [-0.2, 0) is 19.0 Å². The number of carbonyl (C=O) groups excluding carboxylic acids is 2. The molecule has 1 heterocycles. The summed E-state index contributed by atoms with van der Waals surface area (Å²) in [5, 5.41) is 0. The third kappa shape index (κ3) is 5.81. The van der Waals surface area contributed by atoms with Gasteiger partial charge in [-0.15, -0.1) is 0 Å². The van der Waals surface area contributed by atoms with Gasteiger partial charge in [-0.1, -0.05) is 23.8 Å². The Morgan fingerprint density at radius 2 is 2.20 bits per heavy atom. The van der Waals surface area contributed by atoms with Gasteiger partial charge in [-0.05, 0) is 40.0 Å². The lowest BCUT2D eigenvalue weighted by Crippen LogP contribution is -2.46. The highest BCUT2D eigenvalue weighted by molar-refractivity contribution is 5.72. The second-order valence-corrected chi connectivity index (χ2v) is 6.86. The van der Waals surface area contributed by atoms with Crippen molar-refractivity contribution in [1.29, 1.82) is 0 Å². The van der Waals surface area contributed by atoms with Crippen molar-refractivity contribution in [3.63, 3.8) is 0 Å². The molecule has 25 heavy (non-hydrogen) atoms. The largest absolute Gasteiger partial charge is 0.466 e. The highest BCUT2D eigenvalue weighted by Crippen LogP contribution is 2.27. The maximum absolute atomic E-state index is 12.6. The van der Waals surface area contributed by atoms with Gasteiger partial charge >= 0.3 is 6.09 Å². The van der Waals surface area contributed by atoms with Crippen LogP contribution < -0.4 is 0 Å². The fourth-order valence-corrected chi connectivity index (χ4v) is 2.59. The third-order valence-corrected chi connectivity index (χ3v) is 3.68. The maximum atomic E-state index is 12.6. The predicted octanol–water partition coefficient (Wildman–Crippen LogP) is 3.82. The van der Waals surface area contributed by atoms with Crippen molar-refractivity contribution in [2.24, 2.45) is 0 Å². The first-order chi connectivity index (χ1) is 11.9. The van der Waals surface area contributed by atoms with Crippen molar-refractivity contribution in [2.75, 3.05) is 6.54 Å². The molecular formula is C19H25NO5. The molecule has 1 unspecified atom stereocenters. The minimum absolute atomic E-state index is 0.0902. The molecule has 0 aromatic carbocycles.